The summed E-state index contributed by atoms with van der Waals surface area (Å²) in [6.45, 7) is 4.90. The summed E-state index contributed by atoms with van der Waals surface area (Å²) >= 11 is 0. The Labute approximate surface area is 190 Å². The van der Waals surface area contributed by atoms with Crippen LogP contribution in [0.2, 0.25) is 0 Å². The highest BCUT2D eigenvalue weighted by atomic mass is 16.3. The molecule has 1 unspecified atom stereocenters. The molecule has 1 N–H and O–H groups in total. The fourth-order valence-corrected chi connectivity index (χ4v) is 5.53. The van der Waals surface area contributed by atoms with Crippen LogP contribution in [-0.4, -0.2) is 60.7 Å². The highest BCUT2D eigenvalue weighted by Crippen LogP contribution is 2.39. The molecule has 1 aromatic carbocycles. The quantitative estimate of drug-likeness (QED) is 0.783. The van der Waals surface area contributed by atoms with Crippen LogP contribution in [0, 0.1) is 5.92 Å². The summed E-state index contributed by atoms with van der Waals surface area (Å²) in [5.74, 6) is 0.859. The highest BCUT2D eigenvalue weighted by molar-refractivity contribution is 5.96. The molecule has 5 rings (SSSR count). The van der Waals surface area contributed by atoms with E-state index in [1.54, 1.807) is 6.20 Å². The molecule has 1 aromatic heterocycles. The first-order chi connectivity index (χ1) is 15.5. The molecule has 2 aromatic rings. The number of aromatic nitrogens is 1. The molecule has 170 valence electrons. The number of rotatable bonds is 5. The number of benzene rings is 1. The third-order valence-electron chi connectivity index (χ3n) is 7.61. The molecule has 1 amide bonds. The Morgan fingerprint density at radius 1 is 1.03 bits per heavy atom. The van der Waals surface area contributed by atoms with Gasteiger partial charge in [-0.2, -0.15) is 0 Å². The molecule has 0 radical (unpaired) electrons. The number of anilines is 2. The maximum Gasteiger partial charge on any atom is 0.231 e. The molecule has 3 aliphatic rings. The number of pyridine rings is 1. The highest BCUT2D eigenvalue weighted by Gasteiger charge is 2.36. The molecule has 6 nitrogen and oxygen atoms in total. The first kappa shape index (κ1) is 21.4. The molecule has 1 saturated carbocycles. The van der Waals surface area contributed by atoms with Gasteiger partial charge in [0.05, 0.1) is 5.60 Å². The molecule has 1 atom stereocenters. The van der Waals surface area contributed by atoms with Crippen molar-refractivity contribution in [3.05, 3.63) is 53.7 Å². The van der Waals surface area contributed by atoms with Gasteiger partial charge in [0, 0.05) is 56.1 Å². The number of hydrogen-bond acceptors (Lipinski definition) is 5. The summed E-state index contributed by atoms with van der Waals surface area (Å²) < 4.78 is 0. The summed E-state index contributed by atoms with van der Waals surface area (Å²) in [6, 6.07) is 12.4. The molecule has 3 heterocycles. The van der Waals surface area contributed by atoms with E-state index in [2.05, 4.69) is 46.1 Å². The molecule has 3 fully saturated rings. The van der Waals surface area contributed by atoms with Gasteiger partial charge in [0.25, 0.3) is 0 Å². The van der Waals surface area contributed by atoms with Gasteiger partial charge in [-0.1, -0.05) is 37.1 Å². The van der Waals surface area contributed by atoms with E-state index >= 15 is 0 Å². The Balaban J connectivity index is 1.27. The van der Waals surface area contributed by atoms with Crippen molar-refractivity contribution in [3.8, 4) is 0 Å². The van der Waals surface area contributed by atoms with Crippen LogP contribution in [0.1, 0.15) is 43.2 Å². The lowest BCUT2D eigenvalue weighted by atomic mass is 9.94. The maximum atomic E-state index is 13.3. The normalized spacial score (nSPS) is 23.8. The van der Waals surface area contributed by atoms with E-state index in [1.807, 2.05) is 17.0 Å². The van der Waals surface area contributed by atoms with Crippen molar-refractivity contribution in [3.63, 3.8) is 0 Å². The minimum absolute atomic E-state index is 0.0101. The summed E-state index contributed by atoms with van der Waals surface area (Å²) in [6.07, 6.45) is 7.10. The summed E-state index contributed by atoms with van der Waals surface area (Å²) in [4.78, 5) is 24.5. The van der Waals surface area contributed by atoms with Gasteiger partial charge < -0.3 is 14.9 Å². The van der Waals surface area contributed by atoms with Crippen LogP contribution < -0.4 is 9.80 Å². The number of likely N-dealkylation sites (N-methyl/N-ethyl adjacent to an activating group) is 1. The van der Waals surface area contributed by atoms with Gasteiger partial charge in [0.1, 0.15) is 5.82 Å². The third kappa shape index (κ3) is 4.14. The number of nitrogens with zero attached hydrogens (tertiary/aromatic N) is 4. The third-order valence-corrected chi connectivity index (χ3v) is 7.61. The van der Waals surface area contributed by atoms with Crippen molar-refractivity contribution < 1.29 is 9.90 Å². The zero-order chi connectivity index (χ0) is 22.1. The lowest BCUT2D eigenvalue weighted by Gasteiger charge is -2.35. The van der Waals surface area contributed by atoms with Crippen LogP contribution >= 0.6 is 0 Å². The van der Waals surface area contributed by atoms with E-state index in [-0.39, 0.29) is 11.8 Å². The van der Waals surface area contributed by atoms with E-state index in [4.69, 9.17) is 0 Å². The Kier molecular flexibility index (Phi) is 5.91. The van der Waals surface area contributed by atoms with Crippen LogP contribution in [0.4, 0.5) is 11.5 Å². The standard InChI is InChI=1S/C26H34N4O2/c1-28-14-16-29(17-15-28)23-7-3-2-6-20(23)18-21-10-13-30(25(21)31)24-9-8-22(19-27-24)26(32)11-4-5-12-26/h2-3,6-9,19,21,32H,4-5,10-18H2,1H3. The average molecular weight is 435 g/mol. The smallest absolute Gasteiger partial charge is 0.231 e. The zero-order valence-electron chi connectivity index (χ0n) is 19.0. The molecule has 0 spiro atoms. The van der Waals surface area contributed by atoms with Crippen LogP contribution in [0.15, 0.2) is 42.6 Å². The second-order valence-electron chi connectivity index (χ2n) is 9.74. The number of aliphatic hydroxyl groups is 1. The fraction of sp³-hybridized carbons (Fsp3) is 0.538. The van der Waals surface area contributed by atoms with Gasteiger partial charge in [-0.3, -0.25) is 9.69 Å². The first-order valence-electron chi connectivity index (χ1n) is 12.1. The predicted molar refractivity (Wildman–Crippen MR) is 127 cm³/mol. The molecule has 2 aliphatic heterocycles. The first-order valence-corrected chi connectivity index (χ1v) is 12.1. The minimum atomic E-state index is -0.740. The number of carbonyl (C=O) groups is 1. The van der Waals surface area contributed by atoms with E-state index in [9.17, 15) is 9.90 Å². The van der Waals surface area contributed by atoms with Crippen molar-refractivity contribution in [2.75, 3.05) is 49.6 Å². The Bertz CT molecular complexity index is 947. The van der Waals surface area contributed by atoms with Crippen LogP contribution in [0.3, 0.4) is 0 Å². The van der Waals surface area contributed by atoms with E-state index in [0.29, 0.717) is 12.4 Å². The van der Waals surface area contributed by atoms with Gasteiger partial charge in [0.15, 0.2) is 0 Å². The lowest BCUT2D eigenvalue weighted by molar-refractivity contribution is -0.120. The second kappa shape index (κ2) is 8.83. The predicted octanol–water partition coefficient (Wildman–Crippen LogP) is 3.19. The molecular weight excluding hydrogens is 400 g/mol. The van der Waals surface area contributed by atoms with Crippen molar-refractivity contribution in [1.29, 1.82) is 0 Å². The number of carbonyl (C=O) groups excluding carboxylic acids is 1. The molecule has 32 heavy (non-hydrogen) atoms. The topological polar surface area (TPSA) is 59.9 Å². The minimum Gasteiger partial charge on any atom is -0.385 e. The van der Waals surface area contributed by atoms with Crippen molar-refractivity contribution in [2.24, 2.45) is 5.92 Å². The molecule has 1 aliphatic carbocycles. The van der Waals surface area contributed by atoms with Gasteiger partial charge in [-0.25, -0.2) is 4.98 Å². The molecular formula is C26H34N4O2. The average Bonchev–Trinajstić information content (AvgIpc) is 3.42. The van der Waals surface area contributed by atoms with Gasteiger partial charge in [-0.05, 0) is 50.4 Å². The lowest BCUT2D eigenvalue weighted by Crippen LogP contribution is -2.44. The van der Waals surface area contributed by atoms with Crippen LogP contribution in [0.5, 0.6) is 0 Å². The van der Waals surface area contributed by atoms with Crippen LogP contribution in [-0.2, 0) is 16.8 Å². The van der Waals surface area contributed by atoms with Crippen molar-refractivity contribution in [2.45, 2.75) is 44.1 Å². The molecule has 2 saturated heterocycles. The number of hydrogen-bond donors (Lipinski definition) is 1. The maximum absolute atomic E-state index is 13.3. The van der Waals surface area contributed by atoms with Gasteiger partial charge in [-0.15, -0.1) is 0 Å². The fourth-order valence-electron chi connectivity index (χ4n) is 5.53. The van der Waals surface area contributed by atoms with E-state index in [1.165, 1.54) is 11.3 Å². The monoisotopic (exact) mass is 434 g/mol. The number of piperazine rings is 1. The Morgan fingerprint density at radius 2 is 1.78 bits per heavy atom. The largest absolute Gasteiger partial charge is 0.385 e. The second-order valence-corrected chi connectivity index (χ2v) is 9.74. The Morgan fingerprint density at radius 3 is 2.50 bits per heavy atom. The number of para-hydroxylation sites is 1. The van der Waals surface area contributed by atoms with E-state index in [0.717, 1.165) is 70.3 Å². The summed E-state index contributed by atoms with van der Waals surface area (Å²) in [5, 5.41) is 10.8. The SMILES string of the molecule is CN1CCN(c2ccccc2CC2CCN(c3ccc(C4(O)CCCC4)cn3)C2=O)CC1. The van der Waals surface area contributed by atoms with Crippen molar-refractivity contribution in [1.82, 2.24) is 9.88 Å². The van der Waals surface area contributed by atoms with Gasteiger partial charge >= 0.3 is 0 Å². The number of amides is 1. The Hall–Kier alpha value is -2.44. The summed E-state index contributed by atoms with van der Waals surface area (Å²) in [5.41, 5.74) is 2.68. The van der Waals surface area contributed by atoms with Crippen molar-refractivity contribution >= 4 is 17.4 Å². The van der Waals surface area contributed by atoms with Gasteiger partial charge in [0.2, 0.25) is 5.91 Å². The van der Waals surface area contributed by atoms with Crippen LogP contribution in [0.25, 0.3) is 0 Å². The zero-order valence-corrected chi connectivity index (χ0v) is 19.0. The molecule has 6 heteroatoms. The summed E-state index contributed by atoms with van der Waals surface area (Å²) in [7, 11) is 2.17. The van der Waals surface area contributed by atoms with E-state index < -0.39 is 5.60 Å². The molecule has 0 bridgehead atoms.